The molecule has 0 aromatic carbocycles. The van der Waals surface area contributed by atoms with E-state index in [4.69, 9.17) is 0 Å². The third kappa shape index (κ3) is 4.79. The minimum absolute atomic E-state index is 0.241. The number of amidine groups is 2. The first-order chi connectivity index (χ1) is 12.6. The van der Waals surface area contributed by atoms with Gasteiger partial charge in [-0.1, -0.05) is 12.1 Å². The maximum absolute atomic E-state index is 11.5. The normalized spacial score (nSPS) is 18.7. The van der Waals surface area contributed by atoms with E-state index < -0.39 is 10.2 Å². The fourth-order valence-electron chi connectivity index (χ4n) is 2.49. The Balaban J connectivity index is 1.62. The predicted octanol–water partition coefficient (Wildman–Crippen LogP) is 1.40. The minimum Gasteiger partial charge on any atom is -0.351 e. The molecule has 0 unspecified atom stereocenters. The Kier molecular flexibility index (Phi) is 5.84. The van der Waals surface area contributed by atoms with E-state index >= 15 is 0 Å². The molecule has 1 saturated heterocycles. The largest absolute Gasteiger partial charge is 0.351 e. The maximum Gasteiger partial charge on any atom is 0.324 e. The lowest BCUT2D eigenvalue weighted by Crippen LogP contribution is -2.26. The molecule has 3 heterocycles. The number of hydrogen-bond acceptors (Lipinski definition) is 7. The van der Waals surface area contributed by atoms with Gasteiger partial charge in [0.2, 0.25) is 0 Å². The summed E-state index contributed by atoms with van der Waals surface area (Å²) >= 11 is 1.71. The van der Waals surface area contributed by atoms with Crippen LogP contribution in [0.4, 0.5) is 5.82 Å². The van der Waals surface area contributed by atoms with Gasteiger partial charge < -0.3 is 4.90 Å². The Morgan fingerprint density at radius 3 is 2.73 bits per heavy atom. The zero-order valence-corrected chi connectivity index (χ0v) is 15.9. The van der Waals surface area contributed by atoms with Crippen LogP contribution in [0.2, 0.25) is 0 Å². The maximum atomic E-state index is 11.5. The van der Waals surface area contributed by atoms with Crippen LogP contribution in [0, 0.1) is 0 Å². The van der Waals surface area contributed by atoms with Gasteiger partial charge in [0.25, 0.3) is 0 Å². The third-order valence-electron chi connectivity index (χ3n) is 3.67. The molecular weight excluding hydrogens is 372 g/mol. The van der Waals surface area contributed by atoms with Crippen LogP contribution in [0.1, 0.15) is 11.3 Å². The minimum atomic E-state index is -3.57. The molecule has 0 spiro atoms. The number of pyridine rings is 1. The van der Waals surface area contributed by atoms with Crippen molar-refractivity contribution in [1.82, 2.24) is 14.4 Å². The fourth-order valence-corrected chi connectivity index (χ4v) is 4.12. The third-order valence-corrected chi connectivity index (χ3v) is 5.45. The zero-order valence-electron chi connectivity index (χ0n) is 14.3. The monoisotopic (exact) mass is 392 g/mol. The Bertz CT molecular complexity index is 879. The number of nitrogens with one attached hydrogen (secondary N) is 2. The second-order valence-electron chi connectivity index (χ2n) is 5.55. The second-order valence-corrected chi connectivity index (χ2v) is 8.00. The van der Waals surface area contributed by atoms with E-state index in [1.54, 1.807) is 17.5 Å². The molecular formula is C16H20N6O2S2. The van der Waals surface area contributed by atoms with E-state index in [1.165, 1.54) is 11.9 Å². The first kappa shape index (κ1) is 18.3. The van der Waals surface area contributed by atoms with Crippen molar-refractivity contribution < 1.29 is 8.42 Å². The van der Waals surface area contributed by atoms with E-state index in [0.717, 1.165) is 25.3 Å². The van der Waals surface area contributed by atoms with Crippen LogP contribution < -0.4 is 14.3 Å². The summed E-state index contributed by atoms with van der Waals surface area (Å²) in [5.41, 5.74) is 0. The quantitative estimate of drug-likeness (QED) is 0.696. The summed E-state index contributed by atoms with van der Waals surface area (Å²) in [6, 6.07) is 9.98. The fraction of sp³-hybridized carbons (Fsp3) is 0.312. The number of anilines is 1. The highest BCUT2D eigenvalue weighted by atomic mass is 32.2. The smallest absolute Gasteiger partial charge is 0.324 e. The van der Waals surface area contributed by atoms with Gasteiger partial charge in [0.15, 0.2) is 11.7 Å². The molecule has 2 N–H and O–H groups in total. The highest BCUT2D eigenvalue weighted by Crippen LogP contribution is 2.17. The SMILES string of the molecule is CN=C1NS(=O)(=O)NC1=NCCCN(Cc1cccs1)c1ccccn1. The van der Waals surface area contributed by atoms with E-state index in [9.17, 15) is 8.42 Å². The van der Waals surface area contributed by atoms with Crippen LogP contribution in [0.15, 0.2) is 51.9 Å². The summed E-state index contributed by atoms with van der Waals surface area (Å²) in [5.74, 6) is 1.41. The van der Waals surface area contributed by atoms with E-state index in [0.29, 0.717) is 6.54 Å². The number of hydrogen-bond donors (Lipinski definition) is 2. The van der Waals surface area contributed by atoms with Crippen molar-refractivity contribution in [3.8, 4) is 0 Å². The molecule has 0 bridgehead atoms. The molecule has 1 fully saturated rings. The summed E-state index contributed by atoms with van der Waals surface area (Å²) < 4.78 is 27.7. The van der Waals surface area contributed by atoms with Crippen LogP contribution in [0.25, 0.3) is 0 Å². The van der Waals surface area contributed by atoms with Crippen molar-refractivity contribution in [3.05, 3.63) is 46.8 Å². The van der Waals surface area contributed by atoms with E-state index in [1.807, 2.05) is 24.3 Å². The van der Waals surface area contributed by atoms with E-state index in [2.05, 4.69) is 40.8 Å². The molecule has 10 heteroatoms. The average molecular weight is 393 g/mol. The molecule has 1 aliphatic heterocycles. The lowest BCUT2D eigenvalue weighted by atomic mass is 10.3. The van der Waals surface area contributed by atoms with Gasteiger partial charge in [-0.25, -0.2) is 14.4 Å². The summed E-state index contributed by atoms with van der Waals surface area (Å²) in [6.45, 7) is 2.01. The molecule has 0 radical (unpaired) electrons. The Morgan fingerprint density at radius 1 is 1.19 bits per heavy atom. The van der Waals surface area contributed by atoms with Gasteiger partial charge in [-0.3, -0.25) is 9.98 Å². The highest BCUT2D eigenvalue weighted by Gasteiger charge is 2.27. The zero-order chi connectivity index (χ0) is 18.4. The lowest BCUT2D eigenvalue weighted by Gasteiger charge is -2.22. The first-order valence-electron chi connectivity index (χ1n) is 8.08. The van der Waals surface area contributed by atoms with Gasteiger partial charge in [0.05, 0.1) is 6.54 Å². The van der Waals surface area contributed by atoms with Crippen molar-refractivity contribution in [3.63, 3.8) is 0 Å². The van der Waals surface area contributed by atoms with Crippen molar-refractivity contribution in [2.45, 2.75) is 13.0 Å². The van der Waals surface area contributed by atoms with Gasteiger partial charge in [-0.2, -0.15) is 8.42 Å². The average Bonchev–Trinajstić information content (AvgIpc) is 3.25. The number of thiophene rings is 1. The molecule has 8 nitrogen and oxygen atoms in total. The molecule has 0 aliphatic carbocycles. The summed E-state index contributed by atoms with van der Waals surface area (Å²) in [7, 11) is -2.05. The number of rotatable bonds is 7. The first-order valence-corrected chi connectivity index (χ1v) is 10.4. The summed E-state index contributed by atoms with van der Waals surface area (Å²) in [5, 5.41) is 2.06. The molecule has 26 heavy (non-hydrogen) atoms. The van der Waals surface area contributed by atoms with Gasteiger partial charge in [0.1, 0.15) is 5.82 Å². The topological polar surface area (TPSA) is 99.0 Å². The molecule has 3 rings (SSSR count). The van der Waals surface area contributed by atoms with Crippen LogP contribution in [0.5, 0.6) is 0 Å². The van der Waals surface area contributed by atoms with Crippen LogP contribution in [0.3, 0.4) is 0 Å². The van der Waals surface area contributed by atoms with Gasteiger partial charge in [0, 0.05) is 31.2 Å². The van der Waals surface area contributed by atoms with Crippen molar-refractivity contribution in [2.75, 3.05) is 25.0 Å². The van der Waals surface area contributed by atoms with Crippen molar-refractivity contribution in [1.29, 1.82) is 0 Å². The van der Waals surface area contributed by atoms with E-state index in [-0.39, 0.29) is 11.7 Å². The molecule has 2 aromatic heterocycles. The van der Waals surface area contributed by atoms with Crippen molar-refractivity contribution in [2.24, 2.45) is 9.98 Å². The van der Waals surface area contributed by atoms with Gasteiger partial charge in [-0.05, 0) is 30.0 Å². The molecule has 0 amide bonds. The van der Waals surface area contributed by atoms with Gasteiger partial charge >= 0.3 is 10.2 Å². The number of nitrogens with zero attached hydrogens (tertiary/aromatic N) is 4. The standard InChI is InChI=1S/C16H20N6O2S2/c1-17-15-16(21-26(23,24)20-15)19-9-5-10-22(12-13-6-4-11-25-13)14-7-2-3-8-18-14/h2-4,6-8,11H,5,9-10,12H2,1H3,(H,17,20)(H,19,21). The molecule has 2 aromatic rings. The Labute approximate surface area is 156 Å². The molecule has 138 valence electrons. The molecule has 0 atom stereocenters. The highest BCUT2D eigenvalue weighted by molar-refractivity contribution is 7.89. The van der Waals surface area contributed by atoms with Crippen LogP contribution >= 0.6 is 11.3 Å². The molecule has 1 aliphatic rings. The summed E-state index contributed by atoms with van der Waals surface area (Å²) in [4.78, 5) is 16.1. The van der Waals surface area contributed by atoms with Crippen molar-refractivity contribution >= 4 is 39.0 Å². The summed E-state index contributed by atoms with van der Waals surface area (Å²) in [6.07, 6.45) is 2.53. The molecule has 0 saturated carbocycles. The predicted molar refractivity (Wildman–Crippen MR) is 105 cm³/mol. The Morgan fingerprint density at radius 2 is 2.04 bits per heavy atom. The second kappa shape index (κ2) is 8.28. The lowest BCUT2D eigenvalue weighted by molar-refractivity contribution is 0.591. The van der Waals surface area contributed by atoms with Crippen LogP contribution in [-0.2, 0) is 16.8 Å². The van der Waals surface area contributed by atoms with Gasteiger partial charge in [-0.15, -0.1) is 11.3 Å². The number of aliphatic imine (C=N–C) groups is 2. The Hall–Kier alpha value is -2.46. The number of aromatic nitrogens is 1. The van der Waals surface area contributed by atoms with Crippen LogP contribution in [-0.4, -0.2) is 45.2 Å².